The highest BCUT2D eigenvalue weighted by Gasteiger charge is 2.50. The third kappa shape index (κ3) is 3.07. The molecule has 0 spiro atoms. The van der Waals surface area contributed by atoms with Crippen molar-refractivity contribution in [2.45, 2.75) is 42.8 Å². The van der Waals surface area contributed by atoms with Gasteiger partial charge in [-0.2, -0.15) is 23.5 Å². The predicted octanol–water partition coefficient (Wildman–Crippen LogP) is 3.48. The summed E-state index contributed by atoms with van der Waals surface area (Å²) in [5, 5.41) is 11.4. The van der Waals surface area contributed by atoms with Crippen molar-refractivity contribution in [1.82, 2.24) is 0 Å². The Morgan fingerprint density at radius 1 is 1.10 bits per heavy atom. The number of aliphatic hydroxyl groups is 1. The maximum Gasteiger partial charge on any atom is 0.135 e. The Morgan fingerprint density at radius 3 is 2.05 bits per heavy atom. The number of thioether (sulfide) groups is 2. The van der Waals surface area contributed by atoms with E-state index in [2.05, 4.69) is 13.8 Å². The second kappa shape index (κ2) is 7.01. The Bertz CT molecular complexity index is 429. The number of hydrogen-bond acceptors (Lipinski definition) is 4. The van der Waals surface area contributed by atoms with Gasteiger partial charge in [0.15, 0.2) is 0 Å². The zero-order valence-corrected chi connectivity index (χ0v) is 13.7. The van der Waals surface area contributed by atoms with Crippen LogP contribution in [-0.2, 0) is 10.4 Å². The third-order valence-electron chi connectivity index (χ3n) is 3.78. The fourth-order valence-corrected chi connectivity index (χ4v) is 5.47. The summed E-state index contributed by atoms with van der Waals surface area (Å²) in [7, 11) is 0. The van der Waals surface area contributed by atoms with Crippen LogP contribution in [0.2, 0.25) is 0 Å². The van der Waals surface area contributed by atoms with Crippen LogP contribution in [0, 0.1) is 0 Å². The van der Waals surface area contributed by atoms with Crippen molar-refractivity contribution in [2.75, 3.05) is 11.5 Å². The molecular formula is C16H22O2S2. The number of benzene rings is 1. The molecule has 0 aliphatic heterocycles. The first-order chi connectivity index (χ1) is 9.62. The summed E-state index contributed by atoms with van der Waals surface area (Å²) in [4.78, 5) is 12.0. The Balaban J connectivity index is 2.41. The van der Waals surface area contributed by atoms with Crippen LogP contribution in [0.3, 0.4) is 0 Å². The lowest BCUT2D eigenvalue weighted by atomic mass is 9.78. The summed E-state index contributed by atoms with van der Waals surface area (Å²) in [6, 6.07) is 9.87. The van der Waals surface area contributed by atoms with Crippen molar-refractivity contribution < 1.29 is 9.90 Å². The van der Waals surface area contributed by atoms with Crippen LogP contribution in [0.15, 0.2) is 30.3 Å². The highest BCUT2D eigenvalue weighted by atomic mass is 32.2. The van der Waals surface area contributed by atoms with E-state index in [1.54, 1.807) is 23.5 Å². The number of Topliss-reactive ketones (excluding diaryl/α,β-unsaturated/α-hetero) is 1. The van der Waals surface area contributed by atoms with Crippen LogP contribution in [0.4, 0.5) is 0 Å². The number of carbonyl (C=O) groups excluding carboxylic acids is 1. The molecule has 0 amide bonds. The third-order valence-corrected chi connectivity index (χ3v) is 6.30. The van der Waals surface area contributed by atoms with E-state index in [9.17, 15) is 9.90 Å². The molecule has 1 saturated carbocycles. The maximum atomic E-state index is 12.0. The van der Waals surface area contributed by atoms with Gasteiger partial charge in [-0.3, -0.25) is 4.79 Å². The number of rotatable bonds is 5. The second-order valence-corrected chi connectivity index (χ2v) is 7.99. The van der Waals surface area contributed by atoms with Crippen LogP contribution in [0.1, 0.15) is 32.3 Å². The molecule has 2 rings (SSSR count). The molecule has 1 aliphatic carbocycles. The molecule has 2 nitrogen and oxygen atoms in total. The fourth-order valence-electron chi connectivity index (χ4n) is 2.87. The Kier molecular flexibility index (Phi) is 5.58. The van der Waals surface area contributed by atoms with E-state index in [-0.39, 0.29) is 16.3 Å². The molecule has 110 valence electrons. The van der Waals surface area contributed by atoms with Gasteiger partial charge in [-0.25, -0.2) is 0 Å². The quantitative estimate of drug-likeness (QED) is 0.903. The fraction of sp³-hybridized carbons (Fsp3) is 0.562. The summed E-state index contributed by atoms with van der Waals surface area (Å²) in [6.45, 7) is 4.16. The molecule has 1 N–H and O–H groups in total. The summed E-state index contributed by atoms with van der Waals surface area (Å²) in [5.41, 5.74) is 0.0423. The topological polar surface area (TPSA) is 37.3 Å². The lowest BCUT2D eigenvalue weighted by Crippen LogP contribution is -2.52. The number of ketones is 1. The summed E-state index contributed by atoms with van der Waals surface area (Å²) in [5.74, 6) is 2.11. The van der Waals surface area contributed by atoms with E-state index >= 15 is 0 Å². The van der Waals surface area contributed by atoms with Crippen molar-refractivity contribution >= 4 is 29.3 Å². The van der Waals surface area contributed by atoms with Gasteiger partial charge < -0.3 is 5.11 Å². The first-order valence-corrected chi connectivity index (χ1v) is 9.25. The lowest BCUT2D eigenvalue weighted by molar-refractivity contribution is -0.124. The molecule has 2 atom stereocenters. The first-order valence-electron chi connectivity index (χ1n) is 7.15. The van der Waals surface area contributed by atoms with E-state index in [1.165, 1.54) is 0 Å². The second-order valence-electron chi connectivity index (χ2n) is 5.03. The molecular weight excluding hydrogens is 288 g/mol. The molecule has 1 aromatic carbocycles. The number of carbonyl (C=O) groups is 1. The standard InChI is InChI=1S/C16H22O2S2/c1-3-19-14-10-13(17)11-15(20-4-2)16(14,18)12-8-6-5-7-9-12/h5-9,14-15,18H,3-4,10-11H2,1-2H3. The van der Waals surface area contributed by atoms with Crippen LogP contribution in [-0.4, -0.2) is 32.9 Å². The van der Waals surface area contributed by atoms with Gasteiger partial charge in [-0.15, -0.1) is 0 Å². The average Bonchev–Trinajstić information content (AvgIpc) is 2.45. The van der Waals surface area contributed by atoms with Crippen molar-refractivity contribution in [3.63, 3.8) is 0 Å². The maximum absolute atomic E-state index is 12.0. The van der Waals surface area contributed by atoms with Gasteiger partial charge >= 0.3 is 0 Å². The normalized spacial score (nSPS) is 30.4. The summed E-state index contributed by atoms with van der Waals surface area (Å²) in [6.07, 6.45) is 0.954. The molecule has 20 heavy (non-hydrogen) atoms. The Labute approximate surface area is 129 Å². The predicted molar refractivity (Wildman–Crippen MR) is 88.4 cm³/mol. The molecule has 0 heterocycles. The zero-order chi connectivity index (χ0) is 14.6. The van der Waals surface area contributed by atoms with E-state index in [1.807, 2.05) is 30.3 Å². The van der Waals surface area contributed by atoms with E-state index in [4.69, 9.17) is 0 Å². The highest BCUT2D eigenvalue weighted by molar-refractivity contribution is 8.01. The number of hydrogen-bond donors (Lipinski definition) is 1. The first kappa shape index (κ1) is 15.9. The van der Waals surface area contributed by atoms with Gasteiger partial charge in [0.05, 0.1) is 0 Å². The van der Waals surface area contributed by atoms with Crippen molar-refractivity contribution in [3.8, 4) is 0 Å². The molecule has 1 aliphatic rings. The minimum absolute atomic E-state index is 0.0415. The average molecular weight is 310 g/mol. The Hall–Kier alpha value is -0.450. The highest BCUT2D eigenvalue weighted by Crippen LogP contribution is 2.47. The van der Waals surface area contributed by atoms with E-state index < -0.39 is 5.60 Å². The van der Waals surface area contributed by atoms with E-state index in [0.29, 0.717) is 12.8 Å². The van der Waals surface area contributed by atoms with Gasteiger partial charge in [0.25, 0.3) is 0 Å². The molecule has 0 saturated heterocycles. The van der Waals surface area contributed by atoms with Gasteiger partial charge in [-0.05, 0) is 17.1 Å². The van der Waals surface area contributed by atoms with Crippen molar-refractivity contribution in [1.29, 1.82) is 0 Å². The molecule has 4 heteroatoms. The van der Waals surface area contributed by atoms with E-state index in [0.717, 1.165) is 17.1 Å². The van der Waals surface area contributed by atoms with Crippen LogP contribution >= 0.6 is 23.5 Å². The minimum Gasteiger partial charge on any atom is -0.383 e. The van der Waals surface area contributed by atoms with Gasteiger partial charge in [0, 0.05) is 23.3 Å². The lowest BCUT2D eigenvalue weighted by Gasteiger charge is -2.45. The molecule has 1 aromatic rings. The molecule has 0 aromatic heterocycles. The van der Waals surface area contributed by atoms with Crippen molar-refractivity contribution in [2.24, 2.45) is 0 Å². The summed E-state index contributed by atoms with van der Waals surface area (Å²) >= 11 is 3.41. The largest absolute Gasteiger partial charge is 0.383 e. The van der Waals surface area contributed by atoms with Gasteiger partial charge in [0.1, 0.15) is 11.4 Å². The van der Waals surface area contributed by atoms with Gasteiger partial charge in [0.2, 0.25) is 0 Å². The van der Waals surface area contributed by atoms with Gasteiger partial charge in [-0.1, -0.05) is 44.2 Å². The smallest absolute Gasteiger partial charge is 0.135 e. The SMILES string of the molecule is CCSC1CC(=O)CC(SCC)C1(O)c1ccccc1. The summed E-state index contributed by atoms with van der Waals surface area (Å²) < 4.78 is 0. The molecule has 2 unspecified atom stereocenters. The van der Waals surface area contributed by atoms with Crippen LogP contribution in [0.5, 0.6) is 0 Å². The minimum atomic E-state index is -0.906. The van der Waals surface area contributed by atoms with Crippen molar-refractivity contribution in [3.05, 3.63) is 35.9 Å². The molecule has 0 radical (unpaired) electrons. The molecule has 0 bridgehead atoms. The monoisotopic (exact) mass is 310 g/mol. The molecule has 1 fully saturated rings. The Morgan fingerprint density at radius 2 is 1.60 bits per heavy atom. The van der Waals surface area contributed by atoms with Crippen LogP contribution in [0.25, 0.3) is 0 Å². The van der Waals surface area contributed by atoms with Crippen LogP contribution < -0.4 is 0 Å². The zero-order valence-electron chi connectivity index (χ0n) is 12.0.